The molecule has 3 aromatic rings. The first-order valence-corrected chi connectivity index (χ1v) is 8.25. The lowest BCUT2D eigenvalue weighted by Gasteiger charge is -2.19. The summed E-state index contributed by atoms with van der Waals surface area (Å²) in [6.07, 6.45) is -1.29. The van der Waals surface area contributed by atoms with Crippen LogP contribution in [0.4, 0.5) is 9.18 Å². The molecule has 1 aromatic heterocycles. The van der Waals surface area contributed by atoms with Crippen molar-refractivity contribution < 1.29 is 19.0 Å². The summed E-state index contributed by atoms with van der Waals surface area (Å²) in [6.45, 7) is 1.53. The van der Waals surface area contributed by atoms with Crippen LogP contribution in [-0.2, 0) is 0 Å². The number of amides is 1. The molecule has 0 saturated heterocycles. The molecule has 0 aliphatic carbocycles. The normalized spacial score (nSPS) is 12.0. The van der Waals surface area contributed by atoms with Crippen molar-refractivity contribution in [1.82, 2.24) is 14.9 Å². The maximum Gasteiger partial charge on any atom is 0.405 e. The van der Waals surface area contributed by atoms with E-state index in [1.807, 2.05) is 0 Å². The third-order valence-corrected chi connectivity index (χ3v) is 4.26. The Labute approximate surface area is 158 Å². The largest absolute Gasteiger partial charge is 0.497 e. The monoisotopic (exact) mass is 391 g/mol. The quantitative estimate of drug-likeness (QED) is 0.709. The van der Waals surface area contributed by atoms with Crippen LogP contribution in [0.1, 0.15) is 18.8 Å². The van der Waals surface area contributed by atoms with E-state index >= 15 is 0 Å². The average Bonchev–Trinajstić information content (AvgIpc) is 2.60. The molecule has 140 valence electrons. The zero-order chi connectivity index (χ0) is 19.7. The number of methoxy groups -OCH3 is 1. The van der Waals surface area contributed by atoms with E-state index in [-0.39, 0.29) is 27.7 Å². The molecule has 1 unspecified atom stereocenters. The number of halogens is 2. The summed E-state index contributed by atoms with van der Waals surface area (Å²) in [5.74, 6) is -0.342. The SMILES string of the molecule is COc1cc(F)cc(-n2c(C(C)NC(=O)O)nc3cccc(Cl)c3c2=O)c1. The van der Waals surface area contributed by atoms with E-state index in [2.05, 4.69) is 10.3 Å². The lowest BCUT2D eigenvalue weighted by atomic mass is 10.2. The molecule has 0 bridgehead atoms. The maximum atomic E-state index is 14.0. The fourth-order valence-corrected chi connectivity index (χ4v) is 3.04. The Balaban J connectivity index is 2.39. The van der Waals surface area contributed by atoms with Gasteiger partial charge in [-0.1, -0.05) is 17.7 Å². The summed E-state index contributed by atoms with van der Waals surface area (Å²) in [7, 11) is 1.37. The molecule has 27 heavy (non-hydrogen) atoms. The van der Waals surface area contributed by atoms with Gasteiger partial charge in [-0.3, -0.25) is 9.36 Å². The van der Waals surface area contributed by atoms with Gasteiger partial charge in [-0.25, -0.2) is 14.2 Å². The highest BCUT2D eigenvalue weighted by molar-refractivity contribution is 6.35. The molecule has 0 fully saturated rings. The predicted octanol–water partition coefficient (Wildman–Crippen LogP) is 3.52. The molecule has 1 atom stereocenters. The van der Waals surface area contributed by atoms with E-state index in [0.717, 1.165) is 16.7 Å². The standard InChI is InChI=1S/C18H15ClFN3O4/c1-9(21-18(25)26)16-22-14-5-3-4-13(19)15(14)17(24)23(16)11-6-10(20)7-12(8-11)27-2/h3-9,21H,1-2H3,(H,25,26). The molecule has 1 heterocycles. The summed E-state index contributed by atoms with van der Waals surface area (Å²) in [6, 6.07) is 7.66. The third-order valence-electron chi connectivity index (χ3n) is 3.95. The number of carbonyl (C=O) groups is 1. The van der Waals surface area contributed by atoms with Crippen molar-refractivity contribution in [2.24, 2.45) is 0 Å². The van der Waals surface area contributed by atoms with E-state index in [4.69, 9.17) is 21.4 Å². The molecule has 7 nitrogen and oxygen atoms in total. The number of carboxylic acid groups (broad SMARTS) is 1. The smallest absolute Gasteiger partial charge is 0.405 e. The number of nitrogens with one attached hydrogen (secondary N) is 1. The fraction of sp³-hybridized carbons (Fsp3) is 0.167. The first-order chi connectivity index (χ1) is 12.8. The molecule has 9 heteroatoms. The zero-order valence-corrected chi connectivity index (χ0v) is 15.1. The average molecular weight is 392 g/mol. The highest BCUT2D eigenvalue weighted by Crippen LogP contribution is 2.25. The molecule has 2 aromatic carbocycles. The number of aromatic nitrogens is 2. The van der Waals surface area contributed by atoms with E-state index in [9.17, 15) is 14.0 Å². The molecular formula is C18H15ClFN3O4. The maximum absolute atomic E-state index is 14.0. The number of hydrogen-bond donors (Lipinski definition) is 2. The Hall–Kier alpha value is -3.13. The number of benzene rings is 2. The van der Waals surface area contributed by atoms with Crippen LogP contribution in [-0.4, -0.2) is 27.9 Å². The highest BCUT2D eigenvalue weighted by atomic mass is 35.5. The highest BCUT2D eigenvalue weighted by Gasteiger charge is 2.21. The van der Waals surface area contributed by atoms with E-state index < -0.39 is 23.5 Å². The van der Waals surface area contributed by atoms with E-state index in [1.54, 1.807) is 18.2 Å². The molecule has 0 saturated carbocycles. The van der Waals surface area contributed by atoms with Crippen molar-refractivity contribution in [2.45, 2.75) is 13.0 Å². The second-order valence-electron chi connectivity index (χ2n) is 5.76. The van der Waals surface area contributed by atoms with Crippen LogP contribution in [0.3, 0.4) is 0 Å². The first-order valence-electron chi connectivity index (χ1n) is 7.87. The van der Waals surface area contributed by atoms with Gasteiger partial charge in [0.1, 0.15) is 17.4 Å². The number of ether oxygens (including phenoxy) is 1. The van der Waals surface area contributed by atoms with Gasteiger partial charge in [0.25, 0.3) is 5.56 Å². The van der Waals surface area contributed by atoms with E-state index in [1.165, 1.54) is 20.1 Å². The van der Waals surface area contributed by atoms with Crippen molar-refractivity contribution in [3.63, 3.8) is 0 Å². The lowest BCUT2D eigenvalue weighted by molar-refractivity contribution is 0.190. The van der Waals surface area contributed by atoms with Gasteiger partial charge in [0.05, 0.1) is 34.8 Å². The lowest BCUT2D eigenvalue weighted by Crippen LogP contribution is -2.32. The summed E-state index contributed by atoms with van der Waals surface area (Å²) in [5.41, 5.74) is -0.103. The number of hydrogen-bond acceptors (Lipinski definition) is 4. The van der Waals surface area contributed by atoms with Crippen molar-refractivity contribution in [1.29, 1.82) is 0 Å². The molecule has 0 aliphatic heterocycles. The minimum Gasteiger partial charge on any atom is -0.497 e. The first kappa shape index (κ1) is 18.7. The van der Waals surface area contributed by atoms with Crippen molar-refractivity contribution in [2.75, 3.05) is 7.11 Å². The number of rotatable bonds is 4. The molecular weight excluding hydrogens is 377 g/mol. The summed E-state index contributed by atoms with van der Waals surface area (Å²) in [4.78, 5) is 28.6. The Morgan fingerprint density at radius 2 is 2.11 bits per heavy atom. The van der Waals surface area contributed by atoms with Crippen LogP contribution in [0.15, 0.2) is 41.2 Å². The molecule has 0 radical (unpaired) electrons. The van der Waals surface area contributed by atoms with Crippen molar-refractivity contribution in [3.05, 3.63) is 63.4 Å². The zero-order valence-electron chi connectivity index (χ0n) is 14.4. The Kier molecular flexibility index (Phi) is 5.00. The molecule has 0 aliphatic rings. The van der Waals surface area contributed by atoms with Gasteiger partial charge < -0.3 is 15.2 Å². The van der Waals surface area contributed by atoms with Gasteiger partial charge in [0.15, 0.2) is 0 Å². The Morgan fingerprint density at radius 3 is 2.78 bits per heavy atom. The molecule has 1 amide bonds. The van der Waals surface area contributed by atoms with Crippen molar-refractivity contribution in [3.8, 4) is 11.4 Å². The third kappa shape index (κ3) is 3.56. The number of fused-ring (bicyclic) bond motifs is 1. The Morgan fingerprint density at radius 1 is 1.37 bits per heavy atom. The summed E-state index contributed by atoms with van der Waals surface area (Å²) >= 11 is 6.17. The van der Waals surface area contributed by atoms with Crippen LogP contribution in [0, 0.1) is 5.82 Å². The van der Waals surface area contributed by atoms with Gasteiger partial charge in [-0.15, -0.1) is 0 Å². The second kappa shape index (κ2) is 7.24. The minimum absolute atomic E-state index is 0.0878. The Bertz CT molecular complexity index is 1100. The minimum atomic E-state index is -1.29. The van der Waals surface area contributed by atoms with Crippen molar-refractivity contribution >= 4 is 28.6 Å². The van der Waals surface area contributed by atoms with Crippen LogP contribution < -0.4 is 15.6 Å². The van der Waals surface area contributed by atoms with Crippen LogP contribution in [0.25, 0.3) is 16.6 Å². The van der Waals surface area contributed by atoms with Gasteiger partial charge in [-0.2, -0.15) is 0 Å². The predicted molar refractivity (Wildman–Crippen MR) is 98.4 cm³/mol. The van der Waals surface area contributed by atoms with Crippen LogP contribution in [0.2, 0.25) is 5.02 Å². The summed E-state index contributed by atoms with van der Waals surface area (Å²) < 4.78 is 20.2. The van der Waals surface area contributed by atoms with Crippen LogP contribution in [0.5, 0.6) is 5.75 Å². The fourth-order valence-electron chi connectivity index (χ4n) is 2.79. The summed E-state index contributed by atoms with van der Waals surface area (Å²) in [5, 5.41) is 11.6. The van der Waals surface area contributed by atoms with E-state index in [0.29, 0.717) is 5.52 Å². The topological polar surface area (TPSA) is 93.4 Å². The van der Waals surface area contributed by atoms with Gasteiger partial charge in [0, 0.05) is 12.1 Å². The molecule has 0 spiro atoms. The van der Waals surface area contributed by atoms with Gasteiger partial charge in [-0.05, 0) is 25.1 Å². The number of nitrogens with zero attached hydrogens (tertiary/aromatic N) is 2. The molecule has 2 N–H and O–H groups in total. The van der Waals surface area contributed by atoms with Gasteiger partial charge >= 0.3 is 6.09 Å². The molecule has 3 rings (SSSR count). The van der Waals surface area contributed by atoms with Crippen LogP contribution >= 0.6 is 11.6 Å². The second-order valence-corrected chi connectivity index (χ2v) is 6.17. The van der Waals surface area contributed by atoms with Gasteiger partial charge in [0.2, 0.25) is 0 Å².